The Morgan fingerprint density at radius 2 is 1.82 bits per heavy atom. The van der Waals surface area contributed by atoms with Crippen molar-refractivity contribution in [3.05, 3.63) is 11.8 Å². The predicted octanol–water partition coefficient (Wildman–Crippen LogP) is 2.37. The Bertz CT molecular complexity index is 381. The van der Waals surface area contributed by atoms with Crippen LogP contribution in [0.15, 0.2) is 4.42 Å². The maximum absolute atomic E-state index is 5.76. The van der Waals surface area contributed by atoms with E-state index in [0.717, 1.165) is 31.3 Å². The minimum absolute atomic E-state index is 0.262. The average molecular weight is 237 g/mol. The van der Waals surface area contributed by atoms with Gasteiger partial charge < -0.3 is 9.73 Å². The first kappa shape index (κ1) is 12.6. The van der Waals surface area contributed by atoms with Crippen LogP contribution < -0.4 is 5.32 Å². The standard InChI is InChI=1S/C13H23N3O/c1-6-14-8-7-9-15-16-11(17-9)10-12(2,3)13(10,4)5/h10,14H,6-8H2,1-5H3. The third-order valence-electron chi connectivity index (χ3n) is 4.52. The molecule has 1 heterocycles. The highest BCUT2D eigenvalue weighted by Crippen LogP contribution is 2.73. The second-order valence-corrected chi connectivity index (χ2v) is 6.01. The Balaban J connectivity index is 2.00. The van der Waals surface area contributed by atoms with E-state index in [0.29, 0.717) is 5.92 Å². The van der Waals surface area contributed by atoms with Crippen LogP contribution in [-0.2, 0) is 6.42 Å². The van der Waals surface area contributed by atoms with Crippen LogP contribution in [0.2, 0.25) is 0 Å². The van der Waals surface area contributed by atoms with E-state index in [1.807, 2.05) is 0 Å². The number of nitrogens with one attached hydrogen (secondary N) is 1. The zero-order valence-corrected chi connectivity index (χ0v) is 11.5. The Labute approximate surface area is 103 Å². The molecule has 17 heavy (non-hydrogen) atoms. The minimum Gasteiger partial charge on any atom is -0.425 e. The first-order valence-corrected chi connectivity index (χ1v) is 6.44. The molecule has 0 amide bonds. The Hall–Kier alpha value is -0.900. The van der Waals surface area contributed by atoms with Crippen molar-refractivity contribution in [3.8, 4) is 0 Å². The lowest BCUT2D eigenvalue weighted by Gasteiger charge is -2.03. The third-order valence-corrected chi connectivity index (χ3v) is 4.52. The zero-order chi connectivity index (χ0) is 12.7. The van der Waals surface area contributed by atoms with E-state index in [2.05, 4.69) is 50.1 Å². The molecule has 0 aromatic carbocycles. The van der Waals surface area contributed by atoms with Gasteiger partial charge in [-0.3, -0.25) is 0 Å². The molecule has 0 radical (unpaired) electrons. The summed E-state index contributed by atoms with van der Waals surface area (Å²) in [5.41, 5.74) is 0.525. The first-order chi connectivity index (χ1) is 7.91. The monoisotopic (exact) mass is 237 g/mol. The molecule has 96 valence electrons. The fraction of sp³-hybridized carbons (Fsp3) is 0.846. The summed E-state index contributed by atoms with van der Waals surface area (Å²) in [6.07, 6.45) is 0.814. The molecule has 0 unspecified atom stereocenters. The Kier molecular flexibility index (Phi) is 3.02. The van der Waals surface area contributed by atoms with Crippen LogP contribution in [0, 0.1) is 10.8 Å². The fourth-order valence-corrected chi connectivity index (χ4v) is 2.67. The molecule has 1 aromatic rings. The topological polar surface area (TPSA) is 51.0 Å². The molecule has 1 aliphatic rings. The summed E-state index contributed by atoms with van der Waals surface area (Å²) in [6.45, 7) is 13.0. The summed E-state index contributed by atoms with van der Waals surface area (Å²) in [5.74, 6) is 1.96. The summed E-state index contributed by atoms with van der Waals surface area (Å²) in [6, 6.07) is 0. The molecule has 1 aromatic heterocycles. The summed E-state index contributed by atoms with van der Waals surface area (Å²) in [5, 5.41) is 11.6. The summed E-state index contributed by atoms with van der Waals surface area (Å²) < 4.78 is 5.76. The number of aromatic nitrogens is 2. The zero-order valence-electron chi connectivity index (χ0n) is 11.5. The van der Waals surface area contributed by atoms with Gasteiger partial charge in [0, 0.05) is 18.9 Å². The molecule has 1 aliphatic carbocycles. The molecule has 0 aliphatic heterocycles. The van der Waals surface area contributed by atoms with E-state index in [1.54, 1.807) is 0 Å². The van der Waals surface area contributed by atoms with Crippen molar-refractivity contribution in [2.75, 3.05) is 13.1 Å². The Morgan fingerprint density at radius 1 is 1.18 bits per heavy atom. The van der Waals surface area contributed by atoms with E-state index in [9.17, 15) is 0 Å². The van der Waals surface area contributed by atoms with E-state index in [1.165, 1.54) is 0 Å². The maximum Gasteiger partial charge on any atom is 0.220 e. The summed E-state index contributed by atoms with van der Waals surface area (Å²) in [7, 11) is 0. The highest BCUT2D eigenvalue weighted by atomic mass is 16.4. The Morgan fingerprint density at radius 3 is 2.35 bits per heavy atom. The highest BCUT2D eigenvalue weighted by Gasteiger charge is 2.67. The van der Waals surface area contributed by atoms with Crippen LogP contribution >= 0.6 is 0 Å². The van der Waals surface area contributed by atoms with E-state index < -0.39 is 0 Å². The minimum atomic E-state index is 0.262. The molecule has 2 rings (SSSR count). The van der Waals surface area contributed by atoms with E-state index in [4.69, 9.17) is 4.42 Å². The maximum atomic E-state index is 5.76. The molecule has 4 nitrogen and oxygen atoms in total. The highest BCUT2D eigenvalue weighted by molar-refractivity contribution is 5.24. The lowest BCUT2D eigenvalue weighted by Crippen LogP contribution is -2.16. The van der Waals surface area contributed by atoms with Crippen LogP contribution in [0.4, 0.5) is 0 Å². The van der Waals surface area contributed by atoms with Gasteiger partial charge in [0.2, 0.25) is 11.8 Å². The van der Waals surface area contributed by atoms with Gasteiger partial charge in [0.1, 0.15) is 0 Å². The number of hydrogen-bond donors (Lipinski definition) is 1. The third kappa shape index (κ3) is 1.99. The van der Waals surface area contributed by atoms with Gasteiger partial charge >= 0.3 is 0 Å². The van der Waals surface area contributed by atoms with Gasteiger partial charge in [-0.05, 0) is 17.4 Å². The largest absolute Gasteiger partial charge is 0.425 e. The molecular weight excluding hydrogens is 214 g/mol. The molecular formula is C13H23N3O. The van der Waals surface area contributed by atoms with E-state index in [-0.39, 0.29) is 10.8 Å². The molecule has 0 spiro atoms. The van der Waals surface area contributed by atoms with Gasteiger partial charge in [-0.1, -0.05) is 34.6 Å². The lowest BCUT2D eigenvalue weighted by molar-refractivity contribution is 0.427. The van der Waals surface area contributed by atoms with Crippen molar-refractivity contribution >= 4 is 0 Å². The van der Waals surface area contributed by atoms with Crippen molar-refractivity contribution in [2.24, 2.45) is 10.8 Å². The quantitative estimate of drug-likeness (QED) is 0.799. The van der Waals surface area contributed by atoms with Crippen LogP contribution in [0.3, 0.4) is 0 Å². The van der Waals surface area contributed by atoms with Crippen molar-refractivity contribution < 1.29 is 4.42 Å². The van der Waals surface area contributed by atoms with Crippen molar-refractivity contribution in [2.45, 2.75) is 47.0 Å². The number of likely N-dealkylation sites (N-methyl/N-ethyl adjacent to an activating group) is 1. The predicted molar refractivity (Wildman–Crippen MR) is 66.8 cm³/mol. The first-order valence-electron chi connectivity index (χ1n) is 6.44. The SMILES string of the molecule is CCNCCc1nnc(C2C(C)(C)C2(C)C)o1. The molecule has 0 atom stereocenters. The molecule has 1 saturated carbocycles. The van der Waals surface area contributed by atoms with Crippen LogP contribution in [0.25, 0.3) is 0 Å². The smallest absolute Gasteiger partial charge is 0.220 e. The number of hydrogen-bond acceptors (Lipinski definition) is 4. The normalized spacial score (nSPS) is 21.7. The number of nitrogens with zero attached hydrogens (tertiary/aromatic N) is 2. The second-order valence-electron chi connectivity index (χ2n) is 6.01. The van der Waals surface area contributed by atoms with Gasteiger partial charge in [-0.15, -0.1) is 10.2 Å². The van der Waals surface area contributed by atoms with E-state index >= 15 is 0 Å². The molecule has 1 fully saturated rings. The summed E-state index contributed by atoms with van der Waals surface area (Å²) >= 11 is 0. The summed E-state index contributed by atoms with van der Waals surface area (Å²) in [4.78, 5) is 0. The van der Waals surface area contributed by atoms with Gasteiger partial charge in [0.25, 0.3) is 0 Å². The van der Waals surface area contributed by atoms with Gasteiger partial charge in [-0.2, -0.15) is 0 Å². The van der Waals surface area contributed by atoms with Crippen LogP contribution in [0.5, 0.6) is 0 Å². The fourth-order valence-electron chi connectivity index (χ4n) is 2.67. The second kappa shape index (κ2) is 4.09. The molecule has 4 heteroatoms. The van der Waals surface area contributed by atoms with Gasteiger partial charge in [0.05, 0.1) is 0 Å². The van der Waals surface area contributed by atoms with Crippen molar-refractivity contribution in [1.82, 2.24) is 15.5 Å². The molecule has 0 saturated heterocycles. The van der Waals surface area contributed by atoms with Gasteiger partial charge in [-0.25, -0.2) is 0 Å². The van der Waals surface area contributed by atoms with Crippen molar-refractivity contribution in [1.29, 1.82) is 0 Å². The van der Waals surface area contributed by atoms with Crippen molar-refractivity contribution in [3.63, 3.8) is 0 Å². The van der Waals surface area contributed by atoms with Crippen LogP contribution in [0.1, 0.15) is 52.3 Å². The molecule has 1 N–H and O–H groups in total. The van der Waals surface area contributed by atoms with Crippen LogP contribution in [-0.4, -0.2) is 23.3 Å². The lowest BCUT2D eigenvalue weighted by atomic mass is 10.0. The number of rotatable bonds is 5. The average Bonchev–Trinajstić information content (AvgIpc) is 2.60. The molecule has 0 bridgehead atoms. The van der Waals surface area contributed by atoms with Gasteiger partial charge in [0.15, 0.2) is 0 Å².